The Morgan fingerprint density at radius 1 is 1.37 bits per heavy atom. The fraction of sp³-hybridized carbons (Fsp3) is 0.857. The lowest BCUT2D eigenvalue weighted by Gasteiger charge is -2.23. The summed E-state index contributed by atoms with van der Waals surface area (Å²) >= 11 is 0. The molecule has 0 aromatic rings. The molecule has 0 aliphatic heterocycles. The molecule has 1 amide bonds. The highest BCUT2D eigenvalue weighted by Gasteiger charge is 2.13. The zero-order chi connectivity index (χ0) is 14.1. The van der Waals surface area contributed by atoms with Crippen molar-refractivity contribution in [1.29, 1.82) is 0 Å². The summed E-state index contributed by atoms with van der Waals surface area (Å²) in [5.41, 5.74) is 5.83. The molecule has 5 nitrogen and oxygen atoms in total. The van der Waals surface area contributed by atoms with Crippen LogP contribution in [0.5, 0.6) is 0 Å². The van der Waals surface area contributed by atoms with Crippen LogP contribution in [0.2, 0.25) is 0 Å². The maximum Gasteiger partial charge on any atom is 0.222 e. The van der Waals surface area contributed by atoms with E-state index in [9.17, 15) is 4.79 Å². The average Bonchev–Trinajstić information content (AvgIpc) is 2.39. The molecule has 1 unspecified atom stereocenters. The van der Waals surface area contributed by atoms with Crippen molar-refractivity contribution in [3.63, 3.8) is 0 Å². The second-order valence-corrected chi connectivity index (χ2v) is 5.37. The van der Waals surface area contributed by atoms with Crippen LogP contribution >= 0.6 is 0 Å². The van der Waals surface area contributed by atoms with Gasteiger partial charge in [-0.15, -0.1) is 0 Å². The van der Waals surface area contributed by atoms with Gasteiger partial charge in [-0.1, -0.05) is 26.2 Å². The molecule has 0 bridgehead atoms. The van der Waals surface area contributed by atoms with Crippen molar-refractivity contribution in [2.75, 3.05) is 6.54 Å². The van der Waals surface area contributed by atoms with E-state index in [-0.39, 0.29) is 11.9 Å². The van der Waals surface area contributed by atoms with E-state index in [1.54, 1.807) is 0 Å². The van der Waals surface area contributed by atoms with Gasteiger partial charge < -0.3 is 16.4 Å². The third-order valence-electron chi connectivity index (χ3n) is 3.60. The highest BCUT2D eigenvalue weighted by atomic mass is 16.1. The fourth-order valence-electron chi connectivity index (χ4n) is 2.23. The first-order chi connectivity index (χ1) is 9.11. The molecule has 1 atom stereocenters. The van der Waals surface area contributed by atoms with E-state index in [2.05, 4.69) is 22.5 Å². The number of nitrogens with two attached hydrogens (primary N) is 1. The van der Waals surface area contributed by atoms with Crippen LogP contribution in [0.25, 0.3) is 0 Å². The summed E-state index contributed by atoms with van der Waals surface area (Å²) in [6.45, 7) is 4.50. The molecule has 0 saturated heterocycles. The van der Waals surface area contributed by atoms with Gasteiger partial charge in [-0.05, 0) is 26.2 Å². The van der Waals surface area contributed by atoms with Gasteiger partial charge >= 0.3 is 0 Å². The number of aliphatic imine (C=N–C) groups is 1. The van der Waals surface area contributed by atoms with E-state index in [1.807, 2.05) is 6.92 Å². The van der Waals surface area contributed by atoms with Crippen LogP contribution in [0.3, 0.4) is 0 Å². The lowest BCUT2D eigenvalue weighted by Crippen LogP contribution is -2.41. The predicted molar refractivity (Wildman–Crippen MR) is 79.0 cm³/mol. The molecule has 0 spiro atoms. The Bertz CT molecular complexity index is 298. The lowest BCUT2D eigenvalue weighted by molar-refractivity contribution is -0.121. The first-order valence-electron chi connectivity index (χ1n) is 7.47. The van der Waals surface area contributed by atoms with E-state index in [0.29, 0.717) is 25.0 Å². The van der Waals surface area contributed by atoms with Crippen LogP contribution in [0.1, 0.15) is 58.8 Å². The molecule has 0 aromatic carbocycles. The lowest BCUT2D eigenvalue weighted by atomic mass is 9.96. The van der Waals surface area contributed by atoms with Crippen molar-refractivity contribution in [1.82, 2.24) is 10.6 Å². The van der Waals surface area contributed by atoms with Crippen LogP contribution < -0.4 is 16.4 Å². The Hall–Kier alpha value is -1.26. The molecule has 0 aromatic heterocycles. The Balaban J connectivity index is 2.18. The van der Waals surface area contributed by atoms with Gasteiger partial charge in [0.1, 0.15) is 0 Å². The summed E-state index contributed by atoms with van der Waals surface area (Å²) in [5.74, 6) is 0.520. The molecule has 110 valence electrons. The van der Waals surface area contributed by atoms with Gasteiger partial charge in [0.15, 0.2) is 5.96 Å². The first kappa shape index (κ1) is 15.8. The van der Waals surface area contributed by atoms with Crippen LogP contribution in [0.15, 0.2) is 4.99 Å². The molecule has 0 heterocycles. The molecule has 1 fully saturated rings. The highest BCUT2D eigenvalue weighted by Crippen LogP contribution is 2.16. The molecular weight excluding hydrogens is 240 g/mol. The molecule has 1 aliphatic carbocycles. The Labute approximate surface area is 116 Å². The minimum absolute atomic E-state index is 0.0450. The van der Waals surface area contributed by atoms with Gasteiger partial charge in [0, 0.05) is 18.5 Å². The van der Waals surface area contributed by atoms with E-state index in [0.717, 1.165) is 6.42 Å². The Morgan fingerprint density at radius 3 is 2.68 bits per heavy atom. The summed E-state index contributed by atoms with van der Waals surface area (Å²) < 4.78 is 0. The minimum atomic E-state index is 0.0450. The minimum Gasteiger partial charge on any atom is -0.370 e. The number of nitrogens with zero attached hydrogens (tertiary/aromatic N) is 1. The van der Waals surface area contributed by atoms with Gasteiger partial charge in [0.25, 0.3) is 0 Å². The zero-order valence-electron chi connectivity index (χ0n) is 12.2. The zero-order valence-corrected chi connectivity index (χ0v) is 12.2. The maximum atomic E-state index is 11.5. The molecule has 19 heavy (non-hydrogen) atoms. The van der Waals surface area contributed by atoms with E-state index in [4.69, 9.17) is 5.73 Å². The SMILES string of the molecule is CCC(C)NC(=O)CCN=C(N)NC1CCCCC1. The van der Waals surface area contributed by atoms with Crippen LogP contribution in [0.4, 0.5) is 0 Å². The second-order valence-electron chi connectivity index (χ2n) is 5.37. The molecule has 4 N–H and O–H groups in total. The summed E-state index contributed by atoms with van der Waals surface area (Å²) in [6, 6.07) is 0.695. The number of hydrogen-bond donors (Lipinski definition) is 3. The van der Waals surface area contributed by atoms with Crippen molar-refractivity contribution in [2.24, 2.45) is 10.7 Å². The number of guanidine groups is 1. The molecule has 0 radical (unpaired) electrons. The summed E-state index contributed by atoms with van der Waals surface area (Å²) in [7, 11) is 0. The number of amides is 1. The molecule has 5 heteroatoms. The van der Waals surface area contributed by atoms with Gasteiger partial charge in [-0.25, -0.2) is 0 Å². The van der Waals surface area contributed by atoms with Gasteiger partial charge in [-0.2, -0.15) is 0 Å². The van der Waals surface area contributed by atoms with Gasteiger partial charge in [0.05, 0.1) is 6.54 Å². The monoisotopic (exact) mass is 268 g/mol. The Morgan fingerprint density at radius 2 is 2.05 bits per heavy atom. The quantitative estimate of drug-likeness (QED) is 0.505. The van der Waals surface area contributed by atoms with Crippen molar-refractivity contribution in [3.8, 4) is 0 Å². The number of rotatable bonds is 6. The standard InChI is InChI=1S/C14H28N4O/c1-3-11(2)17-13(19)9-10-16-14(15)18-12-7-5-4-6-8-12/h11-12H,3-10H2,1-2H3,(H,17,19)(H3,15,16,18). The normalized spacial score (nSPS) is 18.9. The van der Waals surface area contributed by atoms with Crippen molar-refractivity contribution < 1.29 is 4.79 Å². The van der Waals surface area contributed by atoms with Crippen LogP contribution in [0, 0.1) is 0 Å². The van der Waals surface area contributed by atoms with Crippen LogP contribution in [-0.2, 0) is 4.79 Å². The fourth-order valence-corrected chi connectivity index (χ4v) is 2.23. The van der Waals surface area contributed by atoms with Crippen LogP contribution in [-0.4, -0.2) is 30.5 Å². The number of carbonyl (C=O) groups excluding carboxylic acids is 1. The van der Waals surface area contributed by atoms with Crippen molar-refractivity contribution >= 4 is 11.9 Å². The number of carbonyl (C=O) groups is 1. The van der Waals surface area contributed by atoms with Gasteiger partial charge in [-0.3, -0.25) is 9.79 Å². The number of hydrogen-bond acceptors (Lipinski definition) is 2. The molecular formula is C14H28N4O. The van der Waals surface area contributed by atoms with Crippen molar-refractivity contribution in [2.45, 2.75) is 70.9 Å². The summed E-state index contributed by atoms with van der Waals surface area (Å²) in [6.07, 6.45) is 7.54. The highest BCUT2D eigenvalue weighted by molar-refractivity contribution is 5.79. The smallest absolute Gasteiger partial charge is 0.222 e. The van der Waals surface area contributed by atoms with E-state index < -0.39 is 0 Å². The third-order valence-corrected chi connectivity index (χ3v) is 3.60. The second kappa shape index (κ2) is 8.77. The summed E-state index contributed by atoms with van der Waals surface area (Å²) in [5, 5.41) is 6.16. The molecule has 1 saturated carbocycles. The predicted octanol–water partition coefficient (Wildman–Crippen LogP) is 1.53. The van der Waals surface area contributed by atoms with Crippen molar-refractivity contribution in [3.05, 3.63) is 0 Å². The topological polar surface area (TPSA) is 79.5 Å². The molecule has 1 rings (SSSR count). The first-order valence-corrected chi connectivity index (χ1v) is 7.47. The Kier molecular flexibility index (Phi) is 7.30. The maximum absolute atomic E-state index is 11.5. The largest absolute Gasteiger partial charge is 0.370 e. The summed E-state index contributed by atoms with van der Waals surface area (Å²) in [4.78, 5) is 15.8. The molecule has 1 aliphatic rings. The van der Waals surface area contributed by atoms with E-state index in [1.165, 1.54) is 32.1 Å². The van der Waals surface area contributed by atoms with Gasteiger partial charge in [0.2, 0.25) is 5.91 Å². The number of nitrogens with one attached hydrogen (secondary N) is 2. The average molecular weight is 268 g/mol. The van der Waals surface area contributed by atoms with E-state index >= 15 is 0 Å². The third kappa shape index (κ3) is 7.03.